The molecule has 0 unspecified atom stereocenters. The fourth-order valence-electron chi connectivity index (χ4n) is 2.68. The average molecular weight is 317 g/mol. The van der Waals surface area contributed by atoms with E-state index in [4.69, 9.17) is 4.74 Å². The molecule has 0 atom stereocenters. The molecular weight excluding hydrogens is 298 g/mol. The zero-order valence-corrected chi connectivity index (χ0v) is 13.0. The average Bonchev–Trinajstić information content (AvgIpc) is 3.04. The van der Waals surface area contributed by atoms with Gasteiger partial charge in [0, 0.05) is 37.9 Å². The molecule has 1 aliphatic heterocycles. The van der Waals surface area contributed by atoms with Crippen molar-refractivity contribution < 1.29 is 9.66 Å². The molecule has 2 heterocycles. The molecule has 1 aromatic heterocycles. The van der Waals surface area contributed by atoms with Crippen LogP contribution in [0, 0.1) is 10.1 Å². The SMILES string of the molecule is COc1cccc(N2CCN(Cn3cc([N+](=O)[O-])cn3)CC2)c1. The number of nitrogens with zero attached hydrogens (tertiary/aromatic N) is 5. The van der Waals surface area contributed by atoms with Crippen molar-refractivity contribution in [1.82, 2.24) is 14.7 Å². The Labute approximate surface area is 134 Å². The van der Waals surface area contributed by atoms with E-state index in [0.717, 1.165) is 37.6 Å². The standard InChI is InChI=1S/C15H19N5O3/c1-23-15-4-2-3-13(9-15)18-7-5-17(6-8-18)12-19-11-14(10-16-19)20(21)22/h2-4,9-11H,5-8,12H2,1H3. The largest absolute Gasteiger partial charge is 0.497 e. The first-order valence-electron chi connectivity index (χ1n) is 7.44. The van der Waals surface area contributed by atoms with E-state index in [0.29, 0.717) is 6.67 Å². The summed E-state index contributed by atoms with van der Waals surface area (Å²) in [6, 6.07) is 8.04. The Kier molecular flexibility index (Phi) is 4.42. The maximum Gasteiger partial charge on any atom is 0.307 e. The predicted octanol–water partition coefficient (Wildman–Crippen LogP) is 1.58. The molecule has 1 saturated heterocycles. The number of methoxy groups -OCH3 is 1. The Morgan fingerprint density at radius 2 is 2.09 bits per heavy atom. The molecule has 8 heteroatoms. The van der Waals surface area contributed by atoms with Crippen LogP contribution in [0.1, 0.15) is 0 Å². The second-order valence-electron chi connectivity index (χ2n) is 5.44. The molecular formula is C15H19N5O3. The van der Waals surface area contributed by atoms with Gasteiger partial charge in [-0.2, -0.15) is 5.10 Å². The van der Waals surface area contributed by atoms with Gasteiger partial charge >= 0.3 is 5.69 Å². The maximum atomic E-state index is 10.7. The summed E-state index contributed by atoms with van der Waals surface area (Å²) >= 11 is 0. The third-order valence-electron chi connectivity index (χ3n) is 3.97. The first kappa shape index (κ1) is 15.3. The number of anilines is 1. The van der Waals surface area contributed by atoms with Crippen molar-refractivity contribution in [1.29, 1.82) is 0 Å². The van der Waals surface area contributed by atoms with Gasteiger partial charge in [0.25, 0.3) is 0 Å². The van der Waals surface area contributed by atoms with E-state index in [-0.39, 0.29) is 5.69 Å². The highest BCUT2D eigenvalue weighted by Crippen LogP contribution is 2.22. The number of benzene rings is 1. The summed E-state index contributed by atoms with van der Waals surface area (Å²) in [5, 5.41) is 14.7. The number of ether oxygens (including phenoxy) is 1. The molecule has 122 valence electrons. The zero-order valence-electron chi connectivity index (χ0n) is 13.0. The van der Waals surface area contributed by atoms with Crippen LogP contribution >= 0.6 is 0 Å². The Morgan fingerprint density at radius 3 is 2.74 bits per heavy atom. The molecule has 0 N–H and O–H groups in total. The highest BCUT2D eigenvalue weighted by atomic mass is 16.6. The van der Waals surface area contributed by atoms with Crippen molar-refractivity contribution >= 4 is 11.4 Å². The van der Waals surface area contributed by atoms with Crippen molar-refractivity contribution in [3.63, 3.8) is 0 Å². The van der Waals surface area contributed by atoms with Crippen LogP contribution in [0.2, 0.25) is 0 Å². The Hall–Kier alpha value is -2.61. The van der Waals surface area contributed by atoms with E-state index >= 15 is 0 Å². The van der Waals surface area contributed by atoms with E-state index in [2.05, 4.69) is 21.0 Å². The van der Waals surface area contributed by atoms with Gasteiger partial charge in [-0.25, -0.2) is 0 Å². The molecule has 0 aliphatic carbocycles. The minimum atomic E-state index is -0.426. The molecule has 3 rings (SSSR count). The second-order valence-corrected chi connectivity index (χ2v) is 5.44. The first-order valence-corrected chi connectivity index (χ1v) is 7.44. The topological polar surface area (TPSA) is 76.7 Å². The number of nitro groups is 1. The monoisotopic (exact) mass is 317 g/mol. The van der Waals surface area contributed by atoms with Gasteiger partial charge in [0.15, 0.2) is 0 Å². The highest BCUT2D eigenvalue weighted by molar-refractivity contribution is 5.51. The zero-order chi connectivity index (χ0) is 16.2. The van der Waals surface area contributed by atoms with Crippen molar-refractivity contribution in [3.8, 4) is 5.75 Å². The van der Waals surface area contributed by atoms with Crippen LogP contribution in [0.3, 0.4) is 0 Å². The van der Waals surface area contributed by atoms with Gasteiger partial charge < -0.3 is 9.64 Å². The smallest absolute Gasteiger partial charge is 0.307 e. The van der Waals surface area contributed by atoms with Gasteiger partial charge in [0.1, 0.15) is 18.1 Å². The van der Waals surface area contributed by atoms with Crippen LogP contribution in [-0.4, -0.2) is 52.9 Å². The van der Waals surface area contributed by atoms with Gasteiger partial charge in [0.2, 0.25) is 0 Å². The number of hydrogen-bond donors (Lipinski definition) is 0. The first-order chi connectivity index (χ1) is 11.2. The number of piperazine rings is 1. The highest BCUT2D eigenvalue weighted by Gasteiger charge is 2.18. The molecule has 1 fully saturated rings. The lowest BCUT2D eigenvalue weighted by Gasteiger charge is -2.36. The minimum absolute atomic E-state index is 0.0278. The third-order valence-corrected chi connectivity index (χ3v) is 3.97. The Morgan fingerprint density at radius 1 is 1.30 bits per heavy atom. The van der Waals surface area contributed by atoms with Gasteiger partial charge in [0.05, 0.1) is 18.7 Å². The summed E-state index contributed by atoms with van der Waals surface area (Å²) in [6.07, 6.45) is 2.75. The van der Waals surface area contributed by atoms with E-state index in [9.17, 15) is 10.1 Å². The van der Waals surface area contributed by atoms with Gasteiger partial charge in [-0.15, -0.1) is 0 Å². The fraction of sp³-hybridized carbons (Fsp3) is 0.400. The molecule has 1 aliphatic rings. The Bertz CT molecular complexity index is 679. The minimum Gasteiger partial charge on any atom is -0.497 e. The number of rotatable bonds is 5. The summed E-state index contributed by atoms with van der Waals surface area (Å²) in [6.45, 7) is 4.13. The van der Waals surface area contributed by atoms with Crippen LogP contribution in [0.15, 0.2) is 36.7 Å². The third kappa shape index (κ3) is 3.59. The molecule has 0 saturated carbocycles. The molecule has 1 aromatic carbocycles. The van der Waals surface area contributed by atoms with Gasteiger partial charge in [-0.05, 0) is 12.1 Å². The van der Waals surface area contributed by atoms with Crippen LogP contribution in [0.4, 0.5) is 11.4 Å². The lowest BCUT2D eigenvalue weighted by molar-refractivity contribution is -0.385. The van der Waals surface area contributed by atoms with E-state index in [1.54, 1.807) is 11.8 Å². The second kappa shape index (κ2) is 6.66. The molecule has 0 spiro atoms. The molecule has 8 nitrogen and oxygen atoms in total. The summed E-state index contributed by atoms with van der Waals surface area (Å²) in [5.74, 6) is 0.855. The summed E-state index contributed by atoms with van der Waals surface area (Å²) < 4.78 is 6.87. The van der Waals surface area contributed by atoms with Crippen LogP contribution in [-0.2, 0) is 6.67 Å². The van der Waals surface area contributed by atoms with Gasteiger partial charge in [-0.3, -0.25) is 19.7 Å². The maximum absolute atomic E-state index is 10.7. The lowest BCUT2D eigenvalue weighted by Crippen LogP contribution is -2.46. The summed E-state index contributed by atoms with van der Waals surface area (Å²) in [4.78, 5) is 14.8. The molecule has 0 amide bonds. The van der Waals surface area contributed by atoms with Crippen LogP contribution in [0.5, 0.6) is 5.75 Å². The number of aromatic nitrogens is 2. The van der Waals surface area contributed by atoms with Crippen molar-refractivity contribution in [2.24, 2.45) is 0 Å². The van der Waals surface area contributed by atoms with E-state index in [1.165, 1.54) is 12.4 Å². The normalized spacial score (nSPS) is 15.6. The number of hydrogen-bond acceptors (Lipinski definition) is 6. The lowest BCUT2D eigenvalue weighted by atomic mass is 10.2. The van der Waals surface area contributed by atoms with Gasteiger partial charge in [-0.1, -0.05) is 6.07 Å². The van der Waals surface area contributed by atoms with Crippen molar-refractivity contribution in [2.75, 3.05) is 38.2 Å². The molecule has 0 bridgehead atoms. The summed E-state index contributed by atoms with van der Waals surface area (Å²) in [7, 11) is 1.67. The molecule has 23 heavy (non-hydrogen) atoms. The van der Waals surface area contributed by atoms with E-state index in [1.807, 2.05) is 18.2 Å². The van der Waals surface area contributed by atoms with Crippen molar-refractivity contribution in [3.05, 3.63) is 46.8 Å². The van der Waals surface area contributed by atoms with Crippen LogP contribution < -0.4 is 9.64 Å². The molecule has 2 aromatic rings. The van der Waals surface area contributed by atoms with E-state index < -0.39 is 4.92 Å². The predicted molar refractivity (Wildman–Crippen MR) is 85.7 cm³/mol. The summed E-state index contributed by atoms with van der Waals surface area (Å²) in [5.41, 5.74) is 1.18. The quantitative estimate of drug-likeness (QED) is 0.615. The Balaban J connectivity index is 1.56. The molecule has 0 radical (unpaired) electrons. The fourth-order valence-corrected chi connectivity index (χ4v) is 2.68. The van der Waals surface area contributed by atoms with Crippen molar-refractivity contribution in [2.45, 2.75) is 6.67 Å². The van der Waals surface area contributed by atoms with Crippen LogP contribution in [0.25, 0.3) is 0 Å².